The van der Waals surface area contributed by atoms with E-state index in [-0.39, 0.29) is 0 Å². The van der Waals surface area contributed by atoms with Gasteiger partial charge in [-0.05, 0) is 67.2 Å². The fraction of sp³-hybridized carbons (Fsp3) is 0.625. The Morgan fingerprint density at radius 1 is 1.05 bits per heavy atom. The summed E-state index contributed by atoms with van der Waals surface area (Å²) in [5.74, 6) is 4.46. The van der Waals surface area contributed by atoms with Gasteiger partial charge in [-0.2, -0.15) is 0 Å². The maximum atomic E-state index is 5.43. The maximum Gasteiger partial charge on any atom is 0.161 e. The molecule has 0 spiro atoms. The van der Waals surface area contributed by atoms with Crippen LogP contribution in [0.3, 0.4) is 0 Å². The van der Waals surface area contributed by atoms with Crippen molar-refractivity contribution in [3.63, 3.8) is 0 Å². The summed E-state index contributed by atoms with van der Waals surface area (Å²) in [7, 11) is 3.39. The zero-order valence-corrected chi connectivity index (χ0v) is 13.4. The van der Waals surface area contributed by atoms with Crippen molar-refractivity contribution < 1.29 is 9.47 Å². The van der Waals surface area contributed by atoms with E-state index in [1.54, 1.807) is 14.2 Å². The van der Waals surface area contributed by atoms with Gasteiger partial charge in [-0.25, -0.2) is 0 Å². The molecular weight excluding hydrogens is 304 g/mol. The lowest BCUT2D eigenvalue weighted by Gasteiger charge is -2.22. The molecule has 2 aliphatic rings. The molecule has 1 aromatic carbocycles. The zero-order chi connectivity index (χ0) is 13.6. The Bertz CT molecular complexity index is 476. The Balaban J connectivity index is 1.86. The van der Waals surface area contributed by atoms with Crippen LogP contribution in [0, 0.1) is 24.7 Å². The number of benzene rings is 1. The number of aryl methyl sites for hydroxylation is 1. The second kappa shape index (κ2) is 5.01. The molecule has 3 rings (SSSR count). The average molecular weight is 325 g/mol. The van der Waals surface area contributed by atoms with Gasteiger partial charge in [-0.3, -0.25) is 0 Å². The Kier molecular flexibility index (Phi) is 3.50. The first-order valence-corrected chi connectivity index (χ1v) is 7.92. The summed E-state index contributed by atoms with van der Waals surface area (Å²) in [5.41, 5.74) is 2.63. The van der Waals surface area contributed by atoms with Crippen LogP contribution in [0.15, 0.2) is 12.1 Å². The van der Waals surface area contributed by atoms with E-state index in [4.69, 9.17) is 9.47 Å². The zero-order valence-electron chi connectivity index (χ0n) is 11.8. The predicted octanol–water partition coefficient (Wildman–Crippen LogP) is 4.49. The fourth-order valence-corrected chi connectivity index (χ4v) is 4.47. The van der Waals surface area contributed by atoms with Gasteiger partial charge in [0.05, 0.1) is 14.2 Å². The highest BCUT2D eigenvalue weighted by atomic mass is 79.9. The predicted molar refractivity (Wildman–Crippen MR) is 80.3 cm³/mol. The highest BCUT2D eigenvalue weighted by Gasteiger charge is 2.47. The lowest BCUT2D eigenvalue weighted by atomic mass is 9.92. The SMILES string of the molecule is COc1cc(C)c(C(Br)C2CC3CC3C2)cc1OC. The van der Waals surface area contributed by atoms with E-state index in [0.29, 0.717) is 4.83 Å². The highest BCUT2D eigenvalue weighted by Crippen LogP contribution is 2.59. The van der Waals surface area contributed by atoms with Gasteiger partial charge in [0.25, 0.3) is 0 Å². The average Bonchev–Trinajstić information content (AvgIpc) is 3.04. The van der Waals surface area contributed by atoms with Crippen molar-refractivity contribution in [2.75, 3.05) is 14.2 Å². The van der Waals surface area contributed by atoms with E-state index in [1.165, 1.54) is 30.4 Å². The van der Waals surface area contributed by atoms with E-state index in [0.717, 1.165) is 29.3 Å². The molecule has 3 unspecified atom stereocenters. The van der Waals surface area contributed by atoms with Crippen LogP contribution < -0.4 is 9.47 Å². The lowest BCUT2D eigenvalue weighted by molar-refractivity contribution is 0.353. The number of halogens is 1. The molecule has 0 aliphatic heterocycles. The second-order valence-electron chi connectivity index (χ2n) is 5.95. The third-order valence-electron chi connectivity index (χ3n) is 4.76. The lowest BCUT2D eigenvalue weighted by Crippen LogP contribution is -2.08. The highest BCUT2D eigenvalue weighted by molar-refractivity contribution is 9.09. The summed E-state index contributed by atoms with van der Waals surface area (Å²) < 4.78 is 10.8. The summed E-state index contributed by atoms with van der Waals surface area (Å²) in [4.78, 5) is 0.445. The number of hydrogen-bond acceptors (Lipinski definition) is 2. The quantitative estimate of drug-likeness (QED) is 0.759. The van der Waals surface area contributed by atoms with Crippen LogP contribution in [0.2, 0.25) is 0 Å². The minimum atomic E-state index is 0.445. The van der Waals surface area contributed by atoms with Crippen LogP contribution >= 0.6 is 15.9 Å². The van der Waals surface area contributed by atoms with Crippen molar-refractivity contribution in [1.29, 1.82) is 0 Å². The van der Waals surface area contributed by atoms with Crippen molar-refractivity contribution in [2.45, 2.75) is 31.0 Å². The number of hydrogen-bond donors (Lipinski definition) is 0. The van der Waals surface area contributed by atoms with Crippen molar-refractivity contribution in [1.82, 2.24) is 0 Å². The third kappa shape index (κ3) is 2.37. The first kappa shape index (κ1) is 13.3. The Morgan fingerprint density at radius 3 is 2.21 bits per heavy atom. The molecule has 0 saturated heterocycles. The molecule has 0 aromatic heterocycles. The Hall–Kier alpha value is -0.700. The van der Waals surface area contributed by atoms with Gasteiger partial charge in [0.1, 0.15) is 0 Å². The monoisotopic (exact) mass is 324 g/mol. The van der Waals surface area contributed by atoms with Crippen LogP contribution in [0.1, 0.15) is 35.2 Å². The second-order valence-corrected chi connectivity index (χ2v) is 6.94. The molecule has 0 heterocycles. The summed E-state index contributed by atoms with van der Waals surface area (Å²) >= 11 is 3.93. The molecule has 0 radical (unpaired) electrons. The Labute approximate surface area is 123 Å². The molecule has 0 amide bonds. The van der Waals surface area contributed by atoms with Crippen molar-refractivity contribution in [2.24, 2.45) is 17.8 Å². The number of alkyl halides is 1. The van der Waals surface area contributed by atoms with E-state index < -0.39 is 0 Å². The first-order valence-electron chi connectivity index (χ1n) is 7.00. The van der Waals surface area contributed by atoms with Gasteiger partial charge >= 0.3 is 0 Å². The number of fused-ring (bicyclic) bond motifs is 1. The Morgan fingerprint density at radius 2 is 1.63 bits per heavy atom. The molecule has 0 bridgehead atoms. The molecule has 2 fully saturated rings. The van der Waals surface area contributed by atoms with Gasteiger partial charge in [-0.1, -0.05) is 15.9 Å². The van der Waals surface area contributed by atoms with E-state index in [9.17, 15) is 0 Å². The van der Waals surface area contributed by atoms with Crippen LogP contribution in [-0.4, -0.2) is 14.2 Å². The molecule has 0 N–H and O–H groups in total. The van der Waals surface area contributed by atoms with Crippen molar-refractivity contribution in [3.8, 4) is 11.5 Å². The van der Waals surface area contributed by atoms with Gasteiger partial charge in [0, 0.05) is 4.83 Å². The van der Waals surface area contributed by atoms with E-state index in [1.807, 2.05) is 0 Å². The van der Waals surface area contributed by atoms with Crippen LogP contribution in [0.25, 0.3) is 0 Å². The van der Waals surface area contributed by atoms with Gasteiger partial charge in [0.15, 0.2) is 11.5 Å². The van der Waals surface area contributed by atoms with Gasteiger partial charge in [-0.15, -0.1) is 0 Å². The van der Waals surface area contributed by atoms with Crippen LogP contribution in [0.5, 0.6) is 11.5 Å². The first-order chi connectivity index (χ1) is 9.13. The third-order valence-corrected chi connectivity index (χ3v) is 6.00. The molecule has 3 heteroatoms. The number of methoxy groups -OCH3 is 2. The topological polar surface area (TPSA) is 18.5 Å². The fourth-order valence-electron chi connectivity index (χ4n) is 3.55. The summed E-state index contributed by atoms with van der Waals surface area (Å²) in [6, 6.07) is 4.22. The van der Waals surface area contributed by atoms with Gasteiger partial charge in [0.2, 0.25) is 0 Å². The smallest absolute Gasteiger partial charge is 0.161 e. The number of rotatable bonds is 4. The molecule has 2 saturated carbocycles. The molecule has 19 heavy (non-hydrogen) atoms. The minimum Gasteiger partial charge on any atom is -0.493 e. The molecule has 2 nitrogen and oxygen atoms in total. The maximum absolute atomic E-state index is 5.43. The number of ether oxygens (including phenoxy) is 2. The van der Waals surface area contributed by atoms with Crippen molar-refractivity contribution in [3.05, 3.63) is 23.3 Å². The largest absolute Gasteiger partial charge is 0.493 e. The van der Waals surface area contributed by atoms with E-state index in [2.05, 4.69) is 35.0 Å². The molecule has 3 atom stereocenters. The molecular formula is C16H21BrO2. The minimum absolute atomic E-state index is 0.445. The van der Waals surface area contributed by atoms with Gasteiger partial charge < -0.3 is 9.47 Å². The standard InChI is InChI=1S/C16H21BrO2/c1-9-4-14(18-2)15(19-3)8-13(9)16(17)12-6-10-5-11(10)7-12/h4,8,10-12,16H,5-7H2,1-3H3. The molecule has 1 aromatic rings. The van der Waals surface area contributed by atoms with E-state index >= 15 is 0 Å². The molecule has 104 valence electrons. The normalized spacial score (nSPS) is 29.8. The van der Waals surface area contributed by atoms with Crippen molar-refractivity contribution >= 4 is 15.9 Å². The summed E-state index contributed by atoms with van der Waals surface area (Å²) in [6.45, 7) is 2.15. The summed E-state index contributed by atoms with van der Waals surface area (Å²) in [5, 5.41) is 0. The van der Waals surface area contributed by atoms with Crippen LogP contribution in [0.4, 0.5) is 0 Å². The molecule has 2 aliphatic carbocycles. The summed E-state index contributed by atoms with van der Waals surface area (Å²) in [6.07, 6.45) is 4.24. The van der Waals surface area contributed by atoms with Crippen LogP contribution in [-0.2, 0) is 0 Å².